The molecule has 10 nitrogen and oxygen atoms in total. The first kappa shape index (κ1) is 33.7. The maximum atomic E-state index is 14.2. The molecule has 0 radical (unpaired) electrons. The van der Waals surface area contributed by atoms with Gasteiger partial charge < -0.3 is 14.2 Å². The predicted octanol–water partition coefficient (Wildman–Crippen LogP) is 6.15. The van der Waals surface area contributed by atoms with Crippen molar-refractivity contribution < 1.29 is 41.3 Å². The van der Waals surface area contributed by atoms with E-state index in [1.54, 1.807) is 32.8 Å². The van der Waals surface area contributed by atoms with Gasteiger partial charge in [-0.15, -0.1) is 0 Å². The summed E-state index contributed by atoms with van der Waals surface area (Å²) in [6, 6.07) is 5.37. The standard InChI is InChI=1S/C25H44NO9PS/c1-11-33-36(29,34-12-2)21(23(3,4)5)26(24(6,7)8)35-20(17-25(9,10)22(27)28)18-13-15-19(16-14-18)37(30,31)32/h13-16,20-21H,11-12,17H2,1-10H3,(H,27,28)(H,30,31,32). The molecule has 0 fully saturated rings. The molecule has 12 heteroatoms. The fourth-order valence-electron chi connectivity index (χ4n) is 3.83. The molecular weight excluding hydrogens is 521 g/mol. The van der Waals surface area contributed by atoms with Gasteiger partial charge in [-0.25, -0.2) is 0 Å². The van der Waals surface area contributed by atoms with Gasteiger partial charge in [-0.1, -0.05) is 32.9 Å². The fourth-order valence-corrected chi connectivity index (χ4v) is 7.00. The zero-order chi connectivity index (χ0) is 29.0. The third-order valence-electron chi connectivity index (χ3n) is 5.64. The molecule has 1 aromatic carbocycles. The smallest absolute Gasteiger partial charge is 0.350 e. The minimum atomic E-state index is -4.42. The predicted molar refractivity (Wildman–Crippen MR) is 142 cm³/mol. The highest BCUT2D eigenvalue weighted by atomic mass is 32.2. The Kier molecular flexibility index (Phi) is 11.1. The number of hydroxylamine groups is 2. The minimum Gasteiger partial charge on any atom is -0.481 e. The third kappa shape index (κ3) is 9.13. The zero-order valence-electron chi connectivity index (χ0n) is 23.6. The Morgan fingerprint density at radius 3 is 1.76 bits per heavy atom. The Bertz CT molecular complexity index is 1050. The van der Waals surface area contributed by atoms with Gasteiger partial charge in [0, 0.05) is 5.54 Å². The quantitative estimate of drug-likeness (QED) is 0.163. The second-order valence-corrected chi connectivity index (χ2v) is 15.1. The van der Waals surface area contributed by atoms with Crippen molar-refractivity contribution in [1.82, 2.24) is 5.06 Å². The van der Waals surface area contributed by atoms with E-state index in [4.69, 9.17) is 13.9 Å². The van der Waals surface area contributed by atoms with E-state index in [1.807, 2.05) is 41.5 Å². The average molecular weight is 566 g/mol. The summed E-state index contributed by atoms with van der Waals surface area (Å²) in [5, 5.41) is 11.4. The largest absolute Gasteiger partial charge is 0.481 e. The monoisotopic (exact) mass is 565 g/mol. The van der Waals surface area contributed by atoms with E-state index in [9.17, 15) is 27.4 Å². The van der Waals surface area contributed by atoms with Crippen LogP contribution in [0.1, 0.15) is 87.3 Å². The Morgan fingerprint density at radius 1 is 0.973 bits per heavy atom. The maximum absolute atomic E-state index is 14.2. The Hall–Kier alpha value is -1.33. The molecular formula is C25H44NO9PS. The maximum Gasteiger partial charge on any atom is 0.350 e. The number of carboxylic acids is 1. The fraction of sp³-hybridized carbons (Fsp3) is 0.720. The Balaban J connectivity index is 3.78. The summed E-state index contributed by atoms with van der Waals surface area (Å²) in [4.78, 5) is 18.3. The number of hydrogen-bond acceptors (Lipinski definition) is 8. The molecule has 0 spiro atoms. The number of hydrogen-bond donors (Lipinski definition) is 2. The zero-order valence-corrected chi connectivity index (χ0v) is 25.4. The van der Waals surface area contributed by atoms with Crippen LogP contribution in [-0.2, 0) is 33.4 Å². The molecule has 1 aromatic rings. The van der Waals surface area contributed by atoms with E-state index in [-0.39, 0.29) is 24.5 Å². The van der Waals surface area contributed by atoms with Crippen LogP contribution in [0.5, 0.6) is 0 Å². The van der Waals surface area contributed by atoms with Crippen LogP contribution in [0.25, 0.3) is 0 Å². The second kappa shape index (κ2) is 12.2. The normalized spacial score (nSPS) is 15.6. The molecule has 2 unspecified atom stereocenters. The van der Waals surface area contributed by atoms with Crippen LogP contribution in [0.15, 0.2) is 29.2 Å². The first-order valence-corrected chi connectivity index (χ1v) is 15.3. The molecule has 0 bridgehead atoms. The van der Waals surface area contributed by atoms with Crippen LogP contribution in [-0.4, -0.2) is 53.6 Å². The summed E-state index contributed by atoms with van der Waals surface area (Å²) in [5.41, 5.74) is -2.17. The van der Waals surface area contributed by atoms with Crippen LogP contribution in [0, 0.1) is 10.8 Å². The first-order valence-electron chi connectivity index (χ1n) is 12.3. The van der Waals surface area contributed by atoms with Crippen LogP contribution >= 0.6 is 7.60 Å². The van der Waals surface area contributed by atoms with Crippen molar-refractivity contribution >= 4 is 23.7 Å². The van der Waals surface area contributed by atoms with Crippen molar-refractivity contribution in [3.05, 3.63) is 29.8 Å². The van der Waals surface area contributed by atoms with Crippen LogP contribution in [0.4, 0.5) is 0 Å². The summed E-state index contributed by atoms with van der Waals surface area (Å²) in [6.07, 6.45) is -0.882. The lowest BCUT2D eigenvalue weighted by Crippen LogP contribution is -2.54. The molecule has 214 valence electrons. The SMILES string of the molecule is CCOP(=O)(OCC)C(N(OC(CC(C)(C)C(=O)O)c1ccc(S(=O)(=O)O)cc1)C(C)(C)C)C(C)(C)C. The molecule has 0 aromatic heterocycles. The lowest BCUT2D eigenvalue weighted by Gasteiger charge is -2.49. The number of carbonyl (C=O) groups is 1. The number of rotatable bonds is 13. The lowest BCUT2D eigenvalue weighted by atomic mass is 9.85. The highest BCUT2D eigenvalue weighted by molar-refractivity contribution is 7.85. The van der Waals surface area contributed by atoms with Crippen molar-refractivity contribution in [2.24, 2.45) is 10.8 Å². The average Bonchev–Trinajstić information content (AvgIpc) is 2.70. The summed E-state index contributed by atoms with van der Waals surface area (Å²) in [7, 11) is -8.20. The van der Waals surface area contributed by atoms with Gasteiger partial charge in [-0.2, -0.15) is 13.5 Å². The summed E-state index contributed by atoms with van der Waals surface area (Å²) < 4.78 is 58.1. The van der Waals surface area contributed by atoms with Crippen molar-refractivity contribution in [2.75, 3.05) is 13.2 Å². The van der Waals surface area contributed by atoms with Crippen molar-refractivity contribution in [3.8, 4) is 0 Å². The van der Waals surface area contributed by atoms with Gasteiger partial charge in [0.1, 0.15) is 11.9 Å². The molecule has 0 aliphatic rings. The van der Waals surface area contributed by atoms with Crippen LogP contribution in [0.3, 0.4) is 0 Å². The number of benzene rings is 1. The highest BCUT2D eigenvalue weighted by Gasteiger charge is 2.52. The summed E-state index contributed by atoms with van der Waals surface area (Å²) in [5.74, 6) is -1.92. The molecule has 1 rings (SSSR count). The molecule has 0 saturated heterocycles. The molecule has 2 N–H and O–H groups in total. The summed E-state index contributed by atoms with van der Waals surface area (Å²) in [6.45, 7) is 18.1. The van der Waals surface area contributed by atoms with Crippen LogP contribution < -0.4 is 0 Å². The molecule has 0 heterocycles. The number of aliphatic carboxylic acids is 1. The lowest BCUT2D eigenvalue weighted by molar-refractivity contribution is -0.273. The summed E-state index contributed by atoms with van der Waals surface area (Å²) >= 11 is 0. The Morgan fingerprint density at radius 2 is 1.43 bits per heavy atom. The van der Waals surface area contributed by atoms with Crippen molar-refractivity contribution in [1.29, 1.82) is 0 Å². The second-order valence-electron chi connectivity index (χ2n) is 11.6. The van der Waals surface area contributed by atoms with Gasteiger partial charge in [-0.3, -0.25) is 18.7 Å². The van der Waals surface area contributed by atoms with Crippen molar-refractivity contribution in [2.45, 2.75) is 98.0 Å². The Labute approximate surface area is 221 Å². The van der Waals surface area contributed by atoms with E-state index in [1.165, 1.54) is 24.3 Å². The van der Waals surface area contributed by atoms with Gasteiger partial charge >= 0.3 is 13.6 Å². The third-order valence-corrected chi connectivity index (χ3v) is 9.33. The highest BCUT2D eigenvalue weighted by Crippen LogP contribution is 2.61. The number of carboxylic acid groups (broad SMARTS) is 1. The van der Waals surface area contributed by atoms with E-state index in [2.05, 4.69) is 0 Å². The molecule has 2 atom stereocenters. The van der Waals surface area contributed by atoms with Crippen LogP contribution in [0.2, 0.25) is 0 Å². The van der Waals surface area contributed by atoms with E-state index in [0.717, 1.165) is 0 Å². The molecule has 37 heavy (non-hydrogen) atoms. The van der Waals surface area contributed by atoms with E-state index in [0.29, 0.717) is 5.56 Å². The molecule has 0 amide bonds. The minimum absolute atomic E-state index is 0.00453. The van der Waals surface area contributed by atoms with Gasteiger partial charge in [0.2, 0.25) is 0 Å². The molecule has 0 saturated carbocycles. The first-order chi connectivity index (χ1) is 16.6. The molecule has 0 aliphatic heterocycles. The number of nitrogens with zero attached hydrogens (tertiary/aromatic N) is 1. The van der Waals surface area contributed by atoms with Gasteiger partial charge in [-0.05, 0) is 78.0 Å². The van der Waals surface area contributed by atoms with Gasteiger partial charge in [0.25, 0.3) is 10.1 Å². The van der Waals surface area contributed by atoms with E-state index < -0.39 is 51.9 Å². The van der Waals surface area contributed by atoms with Crippen molar-refractivity contribution in [3.63, 3.8) is 0 Å². The molecule has 0 aliphatic carbocycles. The van der Waals surface area contributed by atoms with Gasteiger partial charge in [0.05, 0.1) is 23.5 Å². The van der Waals surface area contributed by atoms with E-state index >= 15 is 0 Å². The van der Waals surface area contributed by atoms with Gasteiger partial charge in [0.15, 0.2) is 0 Å². The topological polar surface area (TPSA) is 140 Å².